The van der Waals surface area contributed by atoms with Crippen LogP contribution < -0.4 is 5.32 Å². The number of carbonyl (C=O) groups is 2. The minimum atomic E-state index is -4.46. The zero-order chi connectivity index (χ0) is 52.9. The summed E-state index contributed by atoms with van der Waals surface area (Å²) in [5.74, 6) is -0.569. The van der Waals surface area contributed by atoms with E-state index in [0.29, 0.717) is 17.4 Å². The quantitative estimate of drug-likeness (QED) is 0.0205. The molecule has 0 fully saturated rings. The summed E-state index contributed by atoms with van der Waals surface area (Å²) in [6, 6.07) is -0.878. The zero-order valence-electron chi connectivity index (χ0n) is 47.7. The summed E-state index contributed by atoms with van der Waals surface area (Å²) in [5.41, 5.74) is 0. The van der Waals surface area contributed by atoms with Gasteiger partial charge in [-0.2, -0.15) is 0 Å². The Kier molecular flexibility index (Phi) is 50.1. The van der Waals surface area contributed by atoms with Gasteiger partial charge in [-0.25, -0.2) is 4.57 Å². The van der Waals surface area contributed by atoms with E-state index in [9.17, 15) is 19.0 Å². The highest BCUT2D eigenvalue weighted by Crippen LogP contribution is 2.43. The lowest BCUT2D eigenvalue weighted by Gasteiger charge is -2.27. The number of esters is 1. The molecule has 0 aliphatic rings. The summed E-state index contributed by atoms with van der Waals surface area (Å²) in [5, 5.41) is 3.02. The molecule has 2 N–H and O–H groups in total. The van der Waals surface area contributed by atoms with Crippen LogP contribution >= 0.6 is 7.82 Å². The van der Waals surface area contributed by atoms with Crippen LogP contribution in [0.2, 0.25) is 0 Å². The Morgan fingerprint density at radius 3 is 1.35 bits per heavy atom. The molecule has 9 nitrogen and oxygen atoms in total. The molecule has 0 spiro atoms. The second-order valence-corrected chi connectivity index (χ2v) is 22.6. The van der Waals surface area contributed by atoms with Crippen molar-refractivity contribution in [2.45, 2.75) is 270 Å². The number of hydrogen-bond donors (Lipinski definition) is 2. The number of allylic oxidation sites excluding steroid dienone is 11. The molecule has 0 saturated heterocycles. The third-order valence-electron chi connectivity index (χ3n) is 12.9. The minimum absolute atomic E-state index is 0.0284. The normalized spacial score (nSPS) is 14.3. The number of quaternary nitrogens is 1. The van der Waals surface area contributed by atoms with E-state index >= 15 is 0 Å². The van der Waals surface area contributed by atoms with Gasteiger partial charge in [0.1, 0.15) is 19.3 Å². The van der Waals surface area contributed by atoms with Crippen LogP contribution in [-0.2, 0) is 27.9 Å². The second kappa shape index (κ2) is 51.9. The lowest BCUT2D eigenvalue weighted by atomic mass is 10.0. The van der Waals surface area contributed by atoms with Crippen molar-refractivity contribution in [1.82, 2.24) is 5.32 Å². The summed E-state index contributed by atoms with van der Waals surface area (Å²) in [7, 11) is 1.46. The van der Waals surface area contributed by atoms with E-state index in [1.807, 2.05) is 33.3 Å². The Morgan fingerprint density at radius 2 is 0.903 bits per heavy atom. The van der Waals surface area contributed by atoms with Crippen molar-refractivity contribution >= 4 is 19.7 Å². The monoisotopic (exact) mass is 1030 g/mol. The molecule has 0 aromatic carbocycles. The van der Waals surface area contributed by atoms with E-state index in [-0.39, 0.29) is 37.9 Å². The van der Waals surface area contributed by atoms with Crippen LogP contribution in [0.3, 0.4) is 0 Å². The van der Waals surface area contributed by atoms with E-state index < -0.39 is 20.0 Å². The van der Waals surface area contributed by atoms with Crippen LogP contribution in [0.4, 0.5) is 0 Å². The number of ether oxygens (including phenoxy) is 1. The third-order valence-corrected chi connectivity index (χ3v) is 13.9. The predicted octanol–water partition coefficient (Wildman–Crippen LogP) is 18.1. The zero-order valence-corrected chi connectivity index (χ0v) is 48.6. The number of phosphoric ester groups is 1. The third kappa shape index (κ3) is 52.3. The minimum Gasteiger partial charge on any atom is -0.456 e. The number of nitrogens with zero attached hydrogens (tertiary/aromatic N) is 1. The smallest absolute Gasteiger partial charge is 0.456 e. The molecule has 0 heterocycles. The highest BCUT2D eigenvalue weighted by atomic mass is 31.2. The number of hydrogen-bond acceptors (Lipinski definition) is 6. The van der Waals surface area contributed by atoms with Gasteiger partial charge >= 0.3 is 13.8 Å². The van der Waals surface area contributed by atoms with E-state index in [4.69, 9.17) is 13.8 Å². The van der Waals surface area contributed by atoms with Crippen LogP contribution in [-0.4, -0.2) is 74.3 Å². The van der Waals surface area contributed by atoms with Crippen molar-refractivity contribution in [3.8, 4) is 0 Å². The average Bonchev–Trinajstić information content (AvgIpc) is 3.34. The molecule has 3 unspecified atom stereocenters. The second-order valence-electron chi connectivity index (χ2n) is 21.1. The molecular weight excluding hydrogens is 916 g/mol. The first-order chi connectivity index (χ1) is 34.9. The van der Waals surface area contributed by atoms with Gasteiger partial charge in [0.15, 0.2) is 0 Å². The largest absolute Gasteiger partial charge is 0.472 e. The summed E-state index contributed by atoms with van der Waals surface area (Å²) < 4.78 is 30.6. The molecule has 10 heteroatoms. The number of amides is 1. The van der Waals surface area contributed by atoms with Gasteiger partial charge in [0.05, 0.1) is 33.8 Å². The molecule has 1 amide bonds. The summed E-state index contributed by atoms with van der Waals surface area (Å²) >= 11 is 0. The van der Waals surface area contributed by atoms with Gasteiger partial charge in [-0.15, -0.1) is 0 Å². The Hall–Kier alpha value is -2.55. The van der Waals surface area contributed by atoms with Crippen molar-refractivity contribution in [2.75, 3.05) is 40.9 Å². The molecule has 0 aliphatic carbocycles. The predicted molar refractivity (Wildman–Crippen MR) is 309 cm³/mol. The Bertz CT molecular complexity index is 1460. The van der Waals surface area contributed by atoms with E-state index in [0.717, 1.165) is 77.0 Å². The summed E-state index contributed by atoms with van der Waals surface area (Å²) in [4.78, 5) is 37.6. The Balaban J connectivity index is 5.39. The first-order valence-electron chi connectivity index (χ1n) is 29.8. The maximum absolute atomic E-state index is 13.5. The maximum atomic E-state index is 13.5. The van der Waals surface area contributed by atoms with Crippen LogP contribution in [0, 0.1) is 0 Å². The number of nitrogens with one attached hydrogen (secondary N) is 1. The lowest BCUT2D eigenvalue weighted by molar-refractivity contribution is -0.870. The fourth-order valence-corrected chi connectivity index (χ4v) is 9.06. The van der Waals surface area contributed by atoms with Crippen molar-refractivity contribution < 1.29 is 37.3 Å². The van der Waals surface area contributed by atoms with Gasteiger partial charge in [0.2, 0.25) is 5.91 Å². The van der Waals surface area contributed by atoms with Crippen molar-refractivity contribution in [1.29, 1.82) is 0 Å². The molecular formula is C62H114N2O7P+. The van der Waals surface area contributed by atoms with Crippen LogP contribution in [0.25, 0.3) is 0 Å². The van der Waals surface area contributed by atoms with Crippen molar-refractivity contribution in [3.05, 3.63) is 72.9 Å². The van der Waals surface area contributed by atoms with Gasteiger partial charge in [-0.3, -0.25) is 18.6 Å². The van der Waals surface area contributed by atoms with Crippen molar-refractivity contribution in [2.24, 2.45) is 0 Å². The highest BCUT2D eigenvalue weighted by Gasteiger charge is 2.30. The molecule has 0 aromatic heterocycles. The molecule has 0 saturated carbocycles. The number of rotatable bonds is 53. The molecule has 418 valence electrons. The molecule has 0 rings (SSSR count). The van der Waals surface area contributed by atoms with E-state index in [1.165, 1.54) is 141 Å². The van der Waals surface area contributed by atoms with Gasteiger partial charge in [0.25, 0.3) is 0 Å². The SMILES string of the molecule is CC/C=C\C/C=C\C/C=C\C/C=C\C/C=C\CCCC(=O)NC(COP(=O)(O)OCC[N+](C)(C)C)C(/C=C/CCCCCCCCCCCC)OC(=O)CCCCCCCCCCCCCCCCCCC. The first-order valence-corrected chi connectivity index (χ1v) is 31.3. The Morgan fingerprint density at radius 1 is 0.500 bits per heavy atom. The fraction of sp³-hybridized carbons (Fsp3) is 0.774. The standard InChI is InChI=1S/C62H113N2O7P/c1-7-10-13-16-19-22-25-28-30-32-34-36-39-42-45-48-51-54-61(65)63-59(58-70-72(67,68)69-57-56-64(4,5)6)60(53-50-47-44-41-38-27-24-21-18-15-12-9-3)71-62(66)55-52-49-46-43-40-37-35-33-31-29-26-23-20-17-14-11-8-2/h10,13,19,22,28,30,34,36,42,45,50,53,59-60H,7-9,11-12,14-18,20-21,23-27,29,31-33,35,37-41,43-44,46-49,51-52,54-58H2,1-6H3,(H-,63,65,67,68)/p+1/b13-10-,22-19-,30-28-,36-34-,45-42-,53-50+. The van der Waals surface area contributed by atoms with Gasteiger partial charge in [-0.05, 0) is 70.3 Å². The first kappa shape index (κ1) is 69.5. The van der Waals surface area contributed by atoms with Crippen molar-refractivity contribution in [3.63, 3.8) is 0 Å². The van der Waals surface area contributed by atoms with Gasteiger partial charge < -0.3 is 19.4 Å². The van der Waals surface area contributed by atoms with Crippen LogP contribution in [0.5, 0.6) is 0 Å². The average molecular weight is 1030 g/mol. The molecule has 0 bridgehead atoms. The number of carbonyl (C=O) groups excluding carboxylic acids is 2. The van der Waals surface area contributed by atoms with Crippen LogP contribution in [0.1, 0.15) is 258 Å². The topological polar surface area (TPSA) is 111 Å². The molecule has 3 atom stereocenters. The summed E-state index contributed by atoms with van der Waals surface area (Å²) in [6.45, 7) is 6.86. The highest BCUT2D eigenvalue weighted by molar-refractivity contribution is 7.47. The van der Waals surface area contributed by atoms with E-state index in [2.05, 4.69) is 86.8 Å². The van der Waals surface area contributed by atoms with Gasteiger partial charge in [-0.1, -0.05) is 248 Å². The molecule has 0 radical (unpaired) electrons. The number of phosphoric acid groups is 1. The number of unbranched alkanes of at least 4 members (excludes halogenated alkanes) is 27. The lowest BCUT2D eigenvalue weighted by Crippen LogP contribution is -2.47. The number of likely N-dealkylation sites (N-methyl/N-ethyl adjacent to an activating group) is 1. The Labute approximate surface area is 444 Å². The van der Waals surface area contributed by atoms with E-state index in [1.54, 1.807) is 0 Å². The van der Waals surface area contributed by atoms with Crippen LogP contribution in [0.15, 0.2) is 72.9 Å². The van der Waals surface area contributed by atoms with Gasteiger partial charge in [0, 0.05) is 12.8 Å². The molecule has 0 aliphatic heterocycles. The summed E-state index contributed by atoms with van der Waals surface area (Å²) in [6.07, 6.45) is 66.2. The fourth-order valence-electron chi connectivity index (χ4n) is 8.33. The molecule has 72 heavy (non-hydrogen) atoms. The molecule has 0 aromatic rings. The maximum Gasteiger partial charge on any atom is 0.472 e.